The first kappa shape index (κ1) is 13.4. The highest BCUT2D eigenvalue weighted by atomic mass is 16.7. The van der Waals surface area contributed by atoms with Crippen molar-refractivity contribution in [1.29, 1.82) is 0 Å². The number of rotatable bonds is 3. The van der Waals surface area contributed by atoms with E-state index in [1.54, 1.807) is 11.9 Å². The van der Waals surface area contributed by atoms with Gasteiger partial charge in [0.2, 0.25) is 0 Å². The Bertz CT molecular complexity index is 249. The van der Waals surface area contributed by atoms with Crippen molar-refractivity contribution in [3.63, 3.8) is 0 Å². The van der Waals surface area contributed by atoms with Crippen LogP contribution in [0.2, 0.25) is 0 Å². The number of carbonyl (C=O) groups excluding carboxylic acids is 1. The molecule has 0 aromatic heterocycles. The lowest BCUT2D eigenvalue weighted by molar-refractivity contribution is -0.171. The molecule has 1 N–H and O–H groups in total. The molecule has 5 heteroatoms. The van der Waals surface area contributed by atoms with Gasteiger partial charge in [0.1, 0.15) is 6.04 Å². The normalized spacial score (nSPS) is 27.1. The minimum absolute atomic E-state index is 0.0389. The van der Waals surface area contributed by atoms with Crippen molar-refractivity contribution >= 4 is 5.97 Å². The number of carbonyl (C=O) groups is 1. The SMILES string of the molecule is CN1CC(O)CC1C(=O)OCOC(C)(C)C. The molecule has 0 amide bonds. The molecule has 1 saturated heterocycles. The average Bonchev–Trinajstić information content (AvgIpc) is 2.43. The van der Waals surface area contributed by atoms with Crippen molar-refractivity contribution in [3.05, 3.63) is 0 Å². The molecule has 0 bridgehead atoms. The number of hydrogen-bond donors (Lipinski definition) is 1. The van der Waals surface area contributed by atoms with Crippen molar-refractivity contribution in [2.45, 2.75) is 44.9 Å². The summed E-state index contributed by atoms with van der Waals surface area (Å²) in [5.41, 5.74) is -0.318. The summed E-state index contributed by atoms with van der Waals surface area (Å²) >= 11 is 0. The van der Waals surface area contributed by atoms with E-state index in [2.05, 4.69) is 0 Å². The zero-order valence-electron chi connectivity index (χ0n) is 10.4. The molecule has 0 aliphatic carbocycles. The van der Waals surface area contributed by atoms with Crippen molar-refractivity contribution in [1.82, 2.24) is 4.90 Å². The zero-order chi connectivity index (χ0) is 12.3. The van der Waals surface area contributed by atoms with Crippen LogP contribution in [0.15, 0.2) is 0 Å². The molecule has 0 saturated carbocycles. The molecule has 94 valence electrons. The Morgan fingerprint density at radius 2 is 2.12 bits per heavy atom. The molecular formula is C11H21NO4. The first-order valence-electron chi connectivity index (χ1n) is 5.48. The third-order valence-electron chi connectivity index (χ3n) is 2.49. The number of aliphatic hydroxyl groups excluding tert-OH is 1. The molecular weight excluding hydrogens is 210 g/mol. The summed E-state index contributed by atoms with van der Waals surface area (Å²) in [4.78, 5) is 13.4. The van der Waals surface area contributed by atoms with Crippen molar-refractivity contribution in [3.8, 4) is 0 Å². The van der Waals surface area contributed by atoms with E-state index in [1.165, 1.54) is 0 Å². The lowest BCUT2D eigenvalue weighted by Crippen LogP contribution is -2.35. The molecule has 5 nitrogen and oxygen atoms in total. The lowest BCUT2D eigenvalue weighted by Gasteiger charge is -2.21. The number of aliphatic hydroxyl groups is 1. The monoisotopic (exact) mass is 231 g/mol. The molecule has 1 fully saturated rings. The predicted octanol–water partition coefficient (Wildman–Crippen LogP) is 0.367. The number of nitrogens with zero attached hydrogens (tertiary/aromatic N) is 1. The van der Waals surface area contributed by atoms with E-state index in [0.29, 0.717) is 13.0 Å². The fourth-order valence-electron chi connectivity index (χ4n) is 1.61. The number of hydrogen-bond acceptors (Lipinski definition) is 5. The van der Waals surface area contributed by atoms with Crippen LogP contribution < -0.4 is 0 Å². The van der Waals surface area contributed by atoms with Gasteiger partial charge >= 0.3 is 5.97 Å². The average molecular weight is 231 g/mol. The third kappa shape index (κ3) is 4.08. The first-order chi connectivity index (χ1) is 7.29. The topological polar surface area (TPSA) is 59.0 Å². The van der Waals surface area contributed by atoms with Crippen molar-refractivity contribution in [2.24, 2.45) is 0 Å². The molecule has 1 aliphatic rings. The third-order valence-corrected chi connectivity index (χ3v) is 2.49. The summed E-state index contributed by atoms with van der Waals surface area (Å²) in [5, 5.41) is 9.39. The second-order valence-corrected chi connectivity index (χ2v) is 5.18. The molecule has 0 spiro atoms. The van der Waals surface area contributed by atoms with Gasteiger partial charge in [0.25, 0.3) is 0 Å². The quantitative estimate of drug-likeness (QED) is 0.561. The minimum atomic E-state index is -0.439. The fourth-order valence-corrected chi connectivity index (χ4v) is 1.61. The van der Waals surface area contributed by atoms with Crippen LogP contribution in [0.1, 0.15) is 27.2 Å². The van der Waals surface area contributed by atoms with Gasteiger partial charge in [-0.2, -0.15) is 0 Å². The molecule has 0 aromatic rings. The molecule has 1 aliphatic heterocycles. The van der Waals surface area contributed by atoms with Crippen molar-refractivity contribution < 1.29 is 19.4 Å². The van der Waals surface area contributed by atoms with Gasteiger partial charge in [0.15, 0.2) is 6.79 Å². The van der Waals surface area contributed by atoms with Gasteiger partial charge < -0.3 is 14.6 Å². The van der Waals surface area contributed by atoms with Crippen LogP contribution in [0.25, 0.3) is 0 Å². The van der Waals surface area contributed by atoms with E-state index < -0.39 is 6.10 Å². The van der Waals surface area contributed by atoms with Crippen LogP contribution in [-0.2, 0) is 14.3 Å². The predicted molar refractivity (Wildman–Crippen MR) is 58.8 cm³/mol. The van der Waals surface area contributed by atoms with Gasteiger partial charge in [0.05, 0.1) is 11.7 Å². The number of β-amino-alcohol motifs (C(OH)–C–C–N with tert-alkyl or cyclic N) is 1. The Hall–Kier alpha value is -0.650. The highest BCUT2D eigenvalue weighted by molar-refractivity contribution is 5.76. The maximum atomic E-state index is 11.6. The van der Waals surface area contributed by atoms with E-state index in [0.717, 1.165) is 0 Å². The van der Waals surface area contributed by atoms with Gasteiger partial charge in [-0.25, -0.2) is 0 Å². The Morgan fingerprint density at radius 1 is 1.50 bits per heavy atom. The minimum Gasteiger partial charge on any atom is -0.437 e. The lowest BCUT2D eigenvalue weighted by atomic mass is 10.2. The summed E-state index contributed by atoms with van der Waals surface area (Å²) in [6.07, 6.45) is -0.00344. The summed E-state index contributed by atoms with van der Waals surface area (Å²) < 4.78 is 10.3. The van der Waals surface area contributed by atoms with Crippen LogP contribution in [0.4, 0.5) is 0 Å². The molecule has 1 heterocycles. The Morgan fingerprint density at radius 3 is 2.56 bits per heavy atom. The summed E-state index contributed by atoms with van der Waals surface area (Å²) in [6.45, 7) is 6.16. The summed E-state index contributed by atoms with van der Waals surface area (Å²) in [6, 6.07) is -0.349. The number of esters is 1. The smallest absolute Gasteiger partial charge is 0.325 e. The van der Waals surface area contributed by atoms with Crippen LogP contribution in [0.5, 0.6) is 0 Å². The van der Waals surface area contributed by atoms with E-state index in [1.807, 2.05) is 20.8 Å². The second-order valence-electron chi connectivity index (χ2n) is 5.18. The van der Waals surface area contributed by atoms with Crippen LogP contribution >= 0.6 is 0 Å². The van der Waals surface area contributed by atoms with E-state index in [9.17, 15) is 9.90 Å². The molecule has 0 radical (unpaired) electrons. The van der Waals surface area contributed by atoms with Crippen LogP contribution in [-0.4, -0.2) is 54.1 Å². The summed E-state index contributed by atoms with van der Waals surface area (Å²) in [7, 11) is 1.80. The van der Waals surface area contributed by atoms with Gasteiger partial charge in [-0.3, -0.25) is 9.69 Å². The van der Waals surface area contributed by atoms with E-state index >= 15 is 0 Å². The maximum Gasteiger partial charge on any atom is 0.325 e. The largest absolute Gasteiger partial charge is 0.437 e. The fraction of sp³-hybridized carbons (Fsp3) is 0.909. The second kappa shape index (κ2) is 5.12. The van der Waals surface area contributed by atoms with Gasteiger partial charge in [-0.05, 0) is 27.8 Å². The first-order valence-corrected chi connectivity index (χ1v) is 5.48. The number of likely N-dealkylation sites (tertiary alicyclic amines) is 1. The Balaban J connectivity index is 2.30. The highest BCUT2D eigenvalue weighted by Crippen LogP contribution is 2.17. The molecule has 0 aromatic carbocycles. The summed E-state index contributed by atoms with van der Waals surface area (Å²) in [5.74, 6) is -0.330. The van der Waals surface area contributed by atoms with Gasteiger partial charge in [0, 0.05) is 13.0 Å². The van der Waals surface area contributed by atoms with Gasteiger partial charge in [-0.1, -0.05) is 0 Å². The Kier molecular flexibility index (Phi) is 4.29. The highest BCUT2D eigenvalue weighted by Gasteiger charge is 2.34. The number of ether oxygens (including phenoxy) is 2. The van der Waals surface area contributed by atoms with E-state index in [-0.39, 0.29) is 24.4 Å². The zero-order valence-corrected chi connectivity index (χ0v) is 10.4. The van der Waals surface area contributed by atoms with Crippen molar-refractivity contribution in [2.75, 3.05) is 20.4 Å². The Labute approximate surface area is 96.3 Å². The molecule has 2 unspecified atom stereocenters. The van der Waals surface area contributed by atoms with Crippen LogP contribution in [0.3, 0.4) is 0 Å². The van der Waals surface area contributed by atoms with Gasteiger partial charge in [-0.15, -0.1) is 0 Å². The molecule has 1 rings (SSSR count). The standard InChI is InChI=1S/C11H21NO4/c1-11(2,3)16-7-15-10(14)9-5-8(13)6-12(9)4/h8-9,13H,5-7H2,1-4H3. The molecule has 2 atom stereocenters. The van der Waals surface area contributed by atoms with E-state index in [4.69, 9.17) is 9.47 Å². The molecule has 16 heavy (non-hydrogen) atoms. The maximum absolute atomic E-state index is 11.6. The van der Waals surface area contributed by atoms with Crippen LogP contribution in [0, 0.1) is 0 Å². The number of likely N-dealkylation sites (N-methyl/N-ethyl adjacent to an activating group) is 1.